The molecule has 0 spiro atoms. The molecule has 1 fully saturated rings. The van der Waals surface area contributed by atoms with E-state index in [1.807, 2.05) is 0 Å². The lowest BCUT2D eigenvalue weighted by atomic mass is 10.2. The van der Waals surface area contributed by atoms with Gasteiger partial charge in [0.05, 0.1) is 11.4 Å². The summed E-state index contributed by atoms with van der Waals surface area (Å²) in [5.41, 5.74) is 0.363. The highest BCUT2D eigenvalue weighted by molar-refractivity contribution is 7.90. The van der Waals surface area contributed by atoms with Crippen LogP contribution in [0.3, 0.4) is 0 Å². The van der Waals surface area contributed by atoms with Crippen molar-refractivity contribution in [3.05, 3.63) is 29.3 Å². The fourth-order valence-corrected chi connectivity index (χ4v) is 2.77. The summed E-state index contributed by atoms with van der Waals surface area (Å²) >= 11 is 5.83. The highest BCUT2D eigenvalue weighted by atomic mass is 35.5. The maximum absolute atomic E-state index is 12.1. The topological polar surface area (TPSA) is 83.6 Å². The fourth-order valence-electron chi connectivity index (χ4n) is 1.92. The zero-order chi connectivity index (χ0) is 14.9. The minimum absolute atomic E-state index is 0.0560. The average Bonchev–Trinajstić information content (AvgIpc) is 2.61. The summed E-state index contributed by atoms with van der Waals surface area (Å²) in [7, 11) is -3.18. The van der Waals surface area contributed by atoms with E-state index in [4.69, 9.17) is 11.6 Å². The third-order valence-corrected chi connectivity index (χ3v) is 4.08. The molecule has 6 nitrogen and oxygen atoms in total. The predicted octanol–water partition coefficient (Wildman–Crippen LogP) is 1.20. The SMILES string of the molecule is CS(=O)(=O)CCC1NC(=O)N(c2cccc(Cl)c2)C1=O. The number of hydrogen-bond donors (Lipinski definition) is 1. The zero-order valence-electron chi connectivity index (χ0n) is 10.7. The van der Waals surface area contributed by atoms with Crippen LogP contribution in [-0.4, -0.2) is 38.4 Å². The van der Waals surface area contributed by atoms with Crippen LogP contribution in [0.25, 0.3) is 0 Å². The molecule has 108 valence electrons. The molecule has 2 rings (SSSR count). The first kappa shape index (κ1) is 14.8. The van der Waals surface area contributed by atoms with Crippen molar-refractivity contribution in [1.82, 2.24) is 5.32 Å². The summed E-state index contributed by atoms with van der Waals surface area (Å²) in [6, 6.07) is 4.94. The Balaban J connectivity index is 2.17. The average molecular weight is 317 g/mol. The van der Waals surface area contributed by atoms with E-state index in [0.29, 0.717) is 10.7 Å². The van der Waals surface area contributed by atoms with Gasteiger partial charge in [0.2, 0.25) is 0 Å². The number of hydrogen-bond acceptors (Lipinski definition) is 4. The molecule has 1 N–H and O–H groups in total. The molecule has 0 radical (unpaired) electrons. The van der Waals surface area contributed by atoms with Gasteiger partial charge in [-0.15, -0.1) is 0 Å². The molecule has 1 aromatic carbocycles. The molecule has 0 bridgehead atoms. The van der Waals surface area contributed by atoms with Crippen LogP contribution in [0.1, 0.15) is 6.42 Å². The molecule has 0 aliphatic carbocycles. The van der Waals surface area contributed by atoms with Crippen LogP contribution in [0, 0.1) is 0 Å². The Kier molecular flexibility index (Phi) is 4.01. The Labute approximate surface area is 121 Å². The first-order valence-corrected chi connectivity index (χ1v) is 8.29. The number of imide groups is 1. The van der Waals surface area contributed by atoms with Crippen molar-refractivity contribution >= 4 is 39.1 Å². The molecule has 1 aliphatic rings. The van der Waals surface area contributed by atoms with Crippen LogP contribution in [0.15, 0.2) is 24.3 Å². The van der Waals surface area contributed by atoms with Gasteiger partial charge in [0.1, 0.15) is 15.9 Å². The van der Waals surface area contributed by atoms with E-state index in [-0.39, 0.29) is 12.2 Å². The lowest BCUT2D eigenvalue weighted by molar-refractivity contribution is -0.118. The lowest BCUT2D eigenvalue weighted by Gasteiger charge is -2.13. The van der Waals surface area contributed by atoms with Crippen LogP contribution in [-0.2, 0) is 14.6 Å². The third-order valence-electron chi connectivity index (χ3n) is 2.86. The van der Waals surface area contributed by atoms with E-state index in [2.05, 4.69) is 5.32 Å². The van der Waals surface area contributed by atoms with Gasteiger partial charge in [-0.05, 0) is 24.6 Å². The normalized spacial score (nSPS) is 19.3. The Morgan fingerprint density at radius 2 is 2.05 bits per heavy atom. The first-order valence-electron chi connectivity index (χ1n) is 5.86. The van der Waals surface area contributed by atoms with Crippen LogP contribution >= 0.6 is 11.6 Å². The number of anilines is 1. The number of halogens is 1. The van der Waals surface area contributed by atoms with E-state index in [9.17, 15) is 18.0 Å². The predicted molar refractivity (Wildman–Crippen MR) is 75.6 cm³/mol. The molecule has 0 saturated carbocycles. The van der Waals surface area contributed by atoms with Gasteiger partial charge >= 0.3 is 6.03 Å². The van der Waals surface area contributed by atoms with Crippen molar-refractivity contribution in [2.24, 2.45) is 0 Å². The largest absolute Gasteiger partial charge is 0.329 e. The molecule has 1 atom stereocenters. The van der Waals surface area contributed by atoms with Gasteiger partial charge < -0.3 is 5.32 Å². The lowest BCUT2D eigenvalue weighted by Crippen LogP contribution is -2.32. The summed E-state index contributed by atoms with van der Waals surface area (Å²) in [4.78, 5) is 25.0. The van der Waals surface area contributed by atoms with Gasteiger partial charge in [0.25, 0.3) is 5.91 Å². The molecule has 1 aromatic rings. The highest BCUT2D eigenvalue weighted by Gasteiger charge is 2.39. The molecular weight excluding hydrogens is 304 g/mol. The molecule has 3 amide bonds. The monoisotopic (exact) mass is 316 g/mol. The summed E-state index contributed by atoms with van der Waals surface area (Å²) in [6.07, 6.45) is 1.14. The van der Waals surface area contributed by atoms with E-state index in [1.165, 1.54) is 6.07 Å². The second kappa shape index (κ2) is 5.41. The van der Waals surface area contributed by atoms with Crippen LogP contribution in [0.5, 0.6) is 0 Å². The minimum atomic E-state index is -3.18. The molecule has 1 heterocycles. The second-order valence-corrected chi connectivity index (χ2v) is 7.27. The van der Waals surface area contributed by atoms with Crippen molar-refractivity contribution in [1.29, 1.82) is 0 Å². The first-order chi connectivity index (χ1) is 9.28. The van der Waals surface area contributed by atoms with Gasteiger partial charge in [-0.1, -0.05) is 17.7 Å². The smallest absolute Gasteiger partial charge is 0.325 e. The van der Waals surface area contributed by atoms with Crippen molar-refractivity contribution < 1.29 is 18.0 Å². The Morgan fingerprint density at radius 3 is 2.65 bits per heavy atom. The molecule has 1 aliphatic heterocycles. The highest BCUT2D eigenvalue weighted by Crippen LogP contribution is 2.23. The molecule has 20 heavy (non-hydrogen) atoms. The Bertz CT molecular complexity index is 659. The van der Waals surface area contributed by atoms with Gasteiger partial charge in [0, 0.05) is 11.3 Å². The number of carbonyl (C=O) groups excluding carboxylic acids is 2. The van der Waals surface area contributed by atoms with Gasteiger partial charge in [-0.25, -0.2) is 18.1 Å². The van der Waals surface area contributed by atoms with Crippen molar-refractivity contribution in [3.63, 3.8) is 0 Å². The van der Waals surface area contributed by atoms with Gasteiger partial charge in [-0.3, -0.25) is 4.79 Å². The number of amides is 3. The number of sulfone groups is 1. The van der Waals surface area contributed by atoms with Crippen LogP contribution in [0.2, 0.25) is 5.02 Å². The number of nitrogens with one attached hydrogen (secondary N) is 1. The van der Waals surface area contributed by atoms with Gasteiger partial charge in [-0.2, -0.15) is 0 Å². The summed E-state index contributed by atoms with van der Waals surface area (Å²) in [5.74, 6) is -0.631. The summed E-state index contributed by atoms with van der Waals surface area (Å²) in [6.45, 7) is 0. The zero-order valence-corrected chi connectivity index (χ0v) is 12.2. The molecule has 1 saturated heterocycles. The van der Waals surface area contributed by atoms with Crippen molar-refractivity contribution in [2.45, 2.75) is 12.5 Å². The molecule has 8 heteroatoms. The molecule has 0 aromatic heterocycles. The fraction of sp³-hybridized carbons (Fsp3) is 0.333. The second-order valence-electron chi connectivity index (χ2n) is 4.57. The quantitative estimate of drug-likeness (QED) is 0.846. The van der Waals surface area contributed by atoms with Crippen LogP contribution < -0.4 is 10.2 Å². The van der Waals surface area contributed by atoms with Gasteiger partial charge in [0.15, 0.2) is 0 Å². The number of urea groups is 1. The van der Waals surface area contributed by atoms with E-state index in [1.54, 1.807) is 18.2 Å². The van der Waals surface area contributed by atoms with E-state index in [0.717, 1.165) is 11.2 Å². The third kappa shape index (κ3) is 3.29. The van der Waals surface area contributed by atoms with E-state index >= 15 is 0 Å². The number of rotatable bonds is 4. The van der Waals surface area contributed by atoms with Crippen LogP contribution in [0.4, 0.5) is 10.5 Å². The number of nitrogens with zero attached hydrogens (tertiary/aromatic N) is 1. The maximum Gasteiger partial charge on any atom is 0.329 e. The van der Waals surface area contributed by atoms with Crippen molar-refractivity contribution in [2.75, 3.05) is 16.9 Å². The molecular formula is C12H13ClN2O4S. The Morgan fingerprint density at radius 1 is 1.35 bits per heavy atom. The maximum atomic E-state index is 12.1. The number of carbonyl (C=O) groups is 2. The Hall–Kier alpha value is -1.60. The summed E-state index contributed by atoms with van der Waals surface area (Å²) in [5, 5.41) is 2.88. The summed E-state index contributed by atoms with van der Waals surface area (Å²) < 4.78 is 22.2. The van der Waals surface area contributed by atoms with E-state index < -0.39 is 27.8 Å². The molecule has 1 unspecified atom stereocenters. The standard InChI is InChI=1S/C12H13ClN2O4S/c1-20(18,19)6-5-10-11(16)15(12(17)14-10)9-4-2-3-8(13)7-9/h2-4,7,10H,5-6H2,1H3,(H,14,17). The van der Waals surface area contributed by atoms with Crippen molar-refractivity contribution in [3.8, 4) is 0 Å². The number of benzene rings is 1. The minimum Gasteiger partial charge on any atom is -0.325 e.